The molecule has 1 aromatic heterocycles. The zero-order valence-electron chi connectivity index (χ0n) is 9.02. The Morgan fingerprint density at radius 3 is 2.78 bits per heavy atom. The molecule has 0 bridgehead atoms. The summed E-state index contributed by atoms with van der Waals surface area (Å²) in [5.74, 6) is -0.386. The summed E-state index contributed by atoms with van der Waals surface area (Å²) in [6.45, 7) is 0. The molecule has 2 rings (SSSR count). The highest BCUT2D eigenvalue weighted by Crippen LogP contribution is 2.26. The molecule has 0 aliphatic carbocycles. The van der Waals surface area contributed by atoms with Gasteiger partial charge in [0.15, 0.2) is 17.3 Å². The Morgan fingerprint density at radius 1 is 1.33 bits per heavy atom. The van der Waals surface area contributed by atoms with Crippen LogP contribution in [-0.2, 0) is 0 Å². The van der Waals surface area contributed by atoms with Crippen molar-refractivity contribution in [3.63, 3.8) is 0 Å². The van der Waals surface area contributed by atoms with Crippen LogP contribution in [0.5, 0.6) is 11.6 Å². The highest BCUT2D eigenvalue weighted by molar-refractivity contribution is 9.10. The lowest BCUT2D eigenvalue weighted by Gasteiger charge is -2.06. The van der Waals surface area contributed by atoms with E-state index in [2.05, 4.69) is 20.9 Å². The molecule has 2 aromatic rings. The van der Waals surface area contributed by atoms with Crippen molar-refractivity contribution in [2.24, 2.45) is 0 Å². The zero-order valence-corrected chi connectivity index (χ0v) is 10.6. The summed E-state index contributed by atoms with van der Waals surface area (Å²) in [5, 5.41) is 8.77. The van der Waals surface area contributed by atoms with Crippen LogP contribution in [-0.4, -0.2) is 4.98 Å². The minimum Gasteiger partial charge on any atom is -0.436 e. The molecule has 0 radical (unpaired) electrons. The third kappa shape index (κ3) is 2.57. The zero-order chi connectivity index (χ0) is 13.1. The molecule has 2 N–H and O–H groups in total. The van der Waals surface area contributed by atoms with Crippen LogP contribution in [0.1, 0.15) is 5.69 Å². The molecule has 4 nitrogen and oxygen atoms in total. The number of nitriles is 1. The molecule has 6 heteroatoms. The van der Waals surface area contributed by atoms with E-state index in [1.54, 1.807) is 6.07 Å². The van der Waals surface area contributed by atoms with E-state index in [0.717, 1.165) is 0 Å². The summed E-state index contributed by atoms with van der Waals surface area (Å²) < 4.78 is 19.4. The number of benzene rings is 1. The second-order valence-corrected chi connectivity index (χ2v) is 4.29. The molecular formula is C12H7BrFN3O. The normalized spacial score (nSPS) is 9.83. The molecule has 0 saturated carbocycles. The van der Waals surface area contributed by atoms with E-state index in [1.807, 2.05) is 6.07 Å². The number of pyridine rings is 1. The molecule has 0 spiro atoms. The van der Waals surface area contributed by atoms with E-state index in [4.69, 9.17) is 15.7 Å². The smallest absolute Gasteiger partial charge is 0.220 e. The second-order valence-electron chi connectivity index (χ2n) is 3.38. The van der Waals surface area contributed by atoms with Gasteiger partial charge in [-0.1, -0.05) is 15.9 Å². The Bertz CT molecular complexity index is 640. The van der Waals surface area contributed by atoms with Crippen molar-refractivity contribution in [2.45, 2.75) is 0 Å². The monoisotopic (exact) mass is 307 g/mol. The Labute approximate surface area is 111 Å². The Hall–Kier alpha value is -2.13. The van der Waals surface area contributed by atoms with Gasteiger partial charge in [-0.3, -0.25) is 0 Å². The first-order valence-electron chi connectivity index (χ1n) is 4.89. The van der Waals surface area contributed by atoms with Gasteiger partial charge in [-0.2, -0.15) is 5.26 Å². The first-order valence-corrected chi connectivity index (χ1v) is 5.69. The molecular weight excluding hydrogens is 301 g/mol. The fourth-order valence-electron chi connectivity index (χ4n) is 1.27. The lowest BCUT2D eigenvalue weighted by molar-refractivity contribution is 0.427. The third-order valence-electron chi connectivity index (χ3n) is 2.12. The summed E-state index contributed by atoms with van der Waals surface area (Å²) in [6, 6.07) is 9.16. The maximum atomic E-state index is 13.5. The highest BCUT2D eigenvalue weighted by atomic mass is 79.9. The lowest BCUT2D eigenvalue weighted by Crippen LogP contribution is -1.97. The number of hydrogen-bond donors (Lipinski definition) is 1. The van der Waals surface area contributed by atoms with Crippen LogP contribution < -0.4 is 10.5 Å². The molecule has 0 atom stereocenters. The van der Waals surface area contributed by atoms with Crippen LogP contribution in [0.2, 0.25) is 0 Å². The number of nitrogens with two attached hydrogens (primary N) is 1. The molecule has 0 amide bonds. The lowest BCUT2D eigenvalue weighted by atomic mass is 10.3. The minimum absolute atomic E-state index is 0.0272. The van der Waals surface area contributed by atoms with Crippen LogP contribution in [0.15, 0.2) is 34.8 Å². The van der Waals surface area contributed by atoms with Gasteiger partial charge in [0, 0.05) is 10.5 Å². The van der Waals surface area contributed by atoms with Gasteiger partial charge in [-0.25, -0.2) is 9.37 Å². The SMILES string of the molecule is N#Cc1nc(Oc2ccc(Br)cc2F)ccc1N. The molecule has 90 valence electrons. The van der Waals surface area contributed by atoms with Crippen LogP contribution in [0.3, 0.4) is 0 Å². The largest absolute Gasteiger partial charge is 0.436 e. The second kappa shape index (κ2) is 5.02. The van der Waals surface area contributed by atoms with E-state index in [0.29, 0.717) is 4.47 Å². The molecule has 0 aliphatic heterocycles. The number of rotatable bonds is 2. The third-order valence-corrected chi connectivity index (χ3v) is 2.61. The molecule has 0 saturated heterocycles. The maximum absolute atomic E-state index is 13.5. The average Bonchev–Trinajstić information content (AvgIpc) is 2.35. The van der Waals surface area contributed by atoms with Crippen molar-refractivity contribution in [2.75, 3.05) is 5.73 Å². The van der Waals surface area contributed by atoms with Gasteiger partial charge in [0.25, 0.3) is 0 Å². The summed E-state index contributed by atoms with van der Waals surface area (Å²) in [4.78, 5) is 3.86. The molecule has 0 aliphatic rings. The predicted octanol–water partition coefficient (Wildman–Crippen LogP) is 3.23. The van der Waals surface area contributed by atoms with E-state index in [-0.39, 0.29) is 23.0 Å². The van der Waals surface area contributed by atoms with Crippen LogP contribution >= 0.6 is 15.9 Å². The number of halogens is 2. The number of aromatic nitrogens is 1. The fourth-order valence-corrected chi connectivity index (χ4v) is 1.60. The van der Waals surface area contributed by atoms with Gasteiger partial charge in [0.1, 0.15) is 6.07 Å². The van der Waals surface area contributed by atoms with Crippen molar-refractivity contribution < 1.29 is 9.13 Å². The molecule has 0 unspecified atom stereocenters. The fraction of sp³-hybridized carbons (Fsp3) is 0. The maximum Gasteiger partial charge on any atom is 0.220 e. The van der Waals surface area contributed by atoms with Crippen molar-refractivity contribution in [1.82, 2.24) is 4.98 Å². The van der Waals surface area contributed by atoms with E-state index >= 15 is 0 Å². The Morgan fingerprint density at radius 2 is 2.11 bits per heavy atom. The highest BCUT2D eigenvalue weighted by Gasteiger charge is 2.08. The van der Waals surface area contributed by atoms with Gasteiger partial charge in [0.2, 0.25) is 5.88 Å². The van der Waals surface area contributed by atoms with Crippen molar-refractivity contribution in [3.05, 3.63) is 46.3 Å². The molecule has 18 heavy (non-hydrogen) atoms. The average molecular weight is 308 g/mol. The van der Waals surface area contributed by atoms with Crippen LogP contribution in [0.4, 0.5) is 10.1 Å². The quantitative estimate of drug-likeness (QED) is 0.924. The van der Waals surface area contributed by atoms with Crippen LogP contribution in [0.25, 0.3) is 0 Å². The van der Waals surface area contributed by atoms with Gasteiger partial charge in [-0.15, -0.1) is 0 Å². The van der Waals surface area contributed by atoms with Gasteiger partial charge in [-0.05, 0) is 24.3 Å². The van der Waals surface area contributed by atoms with Gasteiger partial charge < -0.3 is 10.5 Å². The topological polar surface area (TPSA) is 71.9 Å². The first-order chi connectivity index (χ1) is 8.60. The van der Waals surface area contributed by atoms with E-state index < -0.39 is 5.82 Å². The summed E-state index contributed by atoms with van der Waals surface area (Å²) in [6.07, 6.45) is 0. The van der Waals surface area contributed by atoms with E-state index in [1.165, 1.54) is 24.3 Å². The number of nitrogens with zero attached hydrogens (tertiary/aromatic N) is 2. The van der Waals surface area contributed by atoms with Crippen LogP contribution in [0, 0.1) is 17.1 Å². The molecule has 0 fully saturated rings. The number of hydrogen-bond acceptors (Lipinski definition) is 4. The van der Waals surface area contributed by atoms with Crippen molar-refractivity contribution in [3.8, 4) is 17.7 Å². The van der Waals surface area contributed by atoms with Gasteiger partial charge in [0.05, 0.1) is 5.69 Å². The minimum atomic E-state index is -0.526. The summed E-state index contributed by atoms with van der Waals surface area (Å²) >= 11 is 3.14. The van der Waals surface area contributed by atoms with E-state index in [9.17, 15) is 4.39 Å². The molecule has 1 aromatic carbocycles. The summed E-state index contributed by atoms with van der Waals surface area (Å²) in [5.41, 5.74) is 5.82. The number of nitrogen functional groups attached to an aromatic ring is 1. The standard InChI is InChI=1S/C12H7BrFN3O/c13-7-1-3-11(8(14)5-7)18-12-4-2-9(16)10(6-15)17-12/h1-5H,16H2. The Kier molecular flexibility index (Phi) is 3.44. The van der Waals surface area contributed by atoms with Crippen molar-refractivity contribution in [1.29, 1.82) is 5.26 Å². The number of anilines is 1. The van der Waals surface area contributed by atoms with Gasteiger partial charge >= 0.3 is 0 Å². The van der Waals surface area contributed by atoms with Crippen molar-refractivity contribution >= 4 is 21.6 Å². The molecule has 1 heterocycles. The Balaban J connectivity index is 2.32. The first kappa shape index (κ1) is 12.3. The predicted molar refractivity (Wildman–Crippen MR) is 67.5 cm³/mol. The number of ether oxygens (including phenoxy) is 1. The summed E-state index contributed by atoms with van der Waals surface area (Å²) in [7, 11) is 0.